The molecule has 60 heavy (non-hydrogen) atoms. The van der Waals surface area contributed by atoms with Crippen molar-refractivity contribution in [1.82, 2.24) is 17.2 Å². The number of nitrogens with zero attached hydrogens (tertiary/aromatic N) is 6. The van der Waals surface area contributed by atoms with Crippen LogP contribution >= 0.6 is 128 Å². The predicted octanol–water partition coefficient (Wildman–Crippen LogP) is 7.44. The topological polar surface area (TPSA) is 57.0 Å². The second kappa shape index (κ2) is 16.6. The van der Waals surface area contributed by atoms with E-state index in [0.717, 1.165) is 116 Å². The number of nitrogens with one attached hydrogen (secondary N) is 2. The molecule has 0 aromatic carbocycles. The van der Waals surface area contributed by atoms with E-state index in [0.29, 0.717) is 0 Å². The van der Waals surface area contributed by atoms with E-state index in [1.807, 2.05) is 46.5 Å². The summed E-state index contributed by atoms with van der Waals surface area (Å²) in [5.74, 6) is 0. The van der Waals surface area contributed by atoms with Crippen molar-refractivity contribution in [2.75, 3.05) is 0 Å². The summed E-state index contributed by atoms with van der Waals surface area (Å²) in [7, 11) is 8.11. The standard InChI is InChI=1S/C44H30Br8N8/c1-55-15-7-23(8-16-55)29-27-5-6-28(53-27)30(24-9-17-56(2)18-10-24)42-36(48)38(50)44(60(42)52)32(26-13-21-58(4)22-14-26)40-34(46)33(45)39(54-40)31(25-11-19-57(3)20-12-25)43-37(49)35(47)41(29)59(43)51/h5-22H,1-4H3/q+2/p+2. The van der Waals surface area contributed by atoms with Gasteiger partial charge in [-0.3, -0.25) is 7.19 Å². The largest absolute Gasteiger partial charge is 0.354 e. The second-order valence-corrected chi connectivity index (χ2v) is 20.7. The molecule has 0 unspecified atom stereocenters. The normalized spacial score (nSPS) is 12.9. The Kier molecular flexibility index (Phi) is 11.7. The van der Waals surface area contributed by atoms with E-state index in [1.54, 1.807) is 0 Å². The zero-order valence-electron chi connectivity index (χ0n) is 32.1. The maximum atomic E-state index is 4.15. The first-order valence-corrected chi connectivity index (χ1v) is 24.5. The highest BCUT2D eigenvalue weighted by Crippen LogP contribution is 2.41. The van der Waals surface area contributed by atoms with Crippen LogP contribution < -0.4 is 39.7 Å². The monoisotopic (exact) mass is 1300 g/mol. The zero-order chi connectivity index (χ0) is 42.3. The number of halogens is 8. The lowest BCUT2D eigenvalue weighted by Gasteiger charge is -2.11. The average molecular weight is 1310 g/mol. The van der Waals surface area contributed by atoms with Crippen LogP contribution in [-0.4, -0.2) is 17.2 Å². The average Bonchev–Trinajstić information content (AvgIpc) is 3.94. The lowest BCUT2D eigenvalue weighted by Crippen LogP contribution is -2.29. The summed E-state index contributed by atoms with van der Waals surface area (Å²) >= 11 is 32.9. The van der Waals surface area contributed by atoms with E-state index in [9.17, 15) is 0 Å². The van der Waals surface area contributed by atoms with Crippen LogP contribution in [0.15, 0.2) is 137 Å². The first-order chi connectivity index (χ1) is 28.7. The third-order valence-electron chi connectivity index (χ3n) is 10.6. The molecule has 1 aliphatic rings. The fourth-order valence-corrected chi connectivity index (χ4v) is 13.2. The molecule has 0 spiro atoms. The smallest absolute Gasteiger partial charge is 0.169 e. The van der Waals surface area contributed by atoms with Crippen molar-refractivity contribution >= 4 is 150 Å². The van der Waals surface area contributed by atoms with E-state index < -0.39 is 0 Å². The molecule has 2 N–H and O–H groups in total. The number of aromatic amines is 2. The summed E-state index contributed by atoms with van der Waals surface area (Å²) in [4.78, 5) is 7.87. The molecule has 8 bridgehead atoms. The molecule has 9 rings (SSSR count). The van der Waals surface area contributed by atoms with E-state index >= 15 is 0 Å². The van der Waals surface area contributed by atoms with E-state index in [4.69, 9.17) is 0 Å². The first-order valence-electron chi connectivity index (χ1n) is 18.4. The predicted molar refractivity (Wildman–Crippen MR) is 261 cm³/mol. The Morgan fingerprint density at radius 3 is 0.883 bits per heavy atom. The summed E-state index contributed by atoms with van der Waals surface area (Å²) in [5, 5.41) is 3.63. The van der Waals surface area contributed by atoms with E-state index in [-0.39, 0.29) is 0 Å². The number of hydrogen-bond donors (Lipinski definition) is 2. The van der Waals surface area contributed by atoms with Crippen LogP contribution in [-0.2, 0) is 28.2 Å². The van der Waals surface area contributed by atoms with Crippen molar-refractivity contribution < 1.29 is 18.3 Å². The van der Waals surface area contributed by atoms with Crippen LogP contribution in [0.5, 0.6) is 0 Å². The van der Waals surface area contributed by atoms with Crippen LogP contribution in [0.25, 0.3) is 22.3 Å². The molecule has 0 amide bonds. The number of aryl methyl sites for hydroxylation is 4. The minimum atomic E-state index is 0.864. The van der Waals surface area contributed by atoms with Crippen LogP contribution in [0.3, 0.4) is 0 Å². The summed E-state index contributed by atoms with van der Waals surface area (Å²) in [6.07, 6.45) is 16.6. The van der Waals surface area contributed by atoms with Crippen LogP contribution in [0.2, 0.25) is 0 Å². The minimum absolute atomic E-state index is 0.864. The maximum Gasteiger partial charge on any atom is 0.169 e. The van der Waals surface area contributed by atoms with Crippen molar-refractivity contribution in [2.45, 2.75) is 0 Å². The second-order valence-electron chi connectivity index (χ2n) is 14.5. The van der Waals surface area contributed by atoms with Gasteiger partial charge in [0.15, 0.2) is 49.6 Å². The number of pyridine rings is 4. The number of rotatable bonds is 4. The van der Waals surface area contributed by atoms with E-state index in [2.05, 4.69) is 255 Å². The Hall–Kier alpha value is -2.96. The highest BCUT2D eigenvalue weighted by Gasteiger charge is 2.29. The molecule has 300 valence electrons. The molecule has 8 nitrogen and oxygen atoms in total. The van der Waals surface area contributed by atoms with Gasteiger partial charge in [0.1, 0.15) is 28.2 Å². The minimum Gasteiger partial charge on any atom is -0.354 e. The molecule has 0 aliphatic carbocycles. The number of aromatic nitrogens is 8. The van der Waals surface area contributed by atoms with Crippen molar-refractivity contribution in [3.63, 3.8) is 0 Å². The van der Waals surface area contributed by atoms with Gasteiger partial charge in [-0.15, -0.1) is 0 Å². The maximum absolute atomic E-state index is 4.15. The molecule has 8 aromatic rings. The first kappa shape index (κ1) is 42.3. The van der Waals surface area contributed by atoms with Gasteiger partial charge in [-0.2, -0.15) is 0 Å². The molecule has 16 heteroatoms. The fourth-order valence-electron chi connectivity index (χ4n) is 7.61. The van der Waals surface area contributed by atoms with Crippen LogP contribution in [0, 0.1) is 0 Å². The highest BCUT2D eigenvalue weighted by atomic mass is 79.9. The Morgan fingerprint density at radius 1 is 0.350 bits per heavy atom. The number of fused-ring (bicyclic) bond motifs is 8. The van der Waals surface area contributed by atoms with Gasteiger partial charge in [-0.1, -0.05) is 0 Å². The molecular weight excluding hydrogens is 1280 g/mol. The zero-order valence-corrected chi connectivity index (χ0v) is 44.8. The van der Waals surface area contributed by atoms with Crippen molar-refractivity contribution in [3.8, 4) is 0 Å². The molecule has 9 heterocycles. The van der Waals surface area contributed by atoms with Crippen molar-refractivity contribution in [2.24, 2.45) is 28.2 Å². The Bertz CT molecular complexity index is 3090. The SMILES string of the molecule is C[n+]1ccc(C2=c3c(Br)c(Br)c(n3Br)=C(c3cc[n+](C)cc3)c3[nH]c(c(Br)c3Br)C(c3cc[n+](C)cc3)=c3c(Br)c(Br)c(n3Br)=C(c3cc[n+](C)cc3)c3ccc2[nH]3)cc1. The third kappa shape index (κ3) is 7.14. The van der Waals surface area contributed by atoms with Crippen LogP contribution in [0.1, 0.15) is 45.0 Å². The molecule has 1 aliphatic heterocycles. The van der Waals surface area contributed by atoms with Gasteiger partial charge in [0.05, 0.1) is 91.9 Å². The lowest BCUT2D eigenvalue weighted by molar-refractivity contribution is -0.671. The molecule has 0 saturated carbocycles. The molecular formula is C44H32Br8N8+4. The van der Waals surface area contributed by atoms with Crippen molar-refractivity contribution in [3.05, 3.63) is 204 Å². The van der Waals surface area contributed by atoms with Gasteiger partial charge in [-0.05, 0) is 130 Å². The summed E-state index contributed by atoms with van der Waals surface area (Å²) in [6, 6.07) is 21.5. The van der Waals surface area contributed by atoms with Gasteiger partial charge in [0.2, 0.25) is 0 Å². The van der Waals surface area contributed by atoms with E-state index in [1.165, 1.54) is 0 Å². The van der Waals surface area contributed by atoms with Gasteiger partial charge in [-0.25, -0.2) is 18.3 Å². The molecule has 8 aromatic heterocycles. The summed E-state index contributed by atoms with van der Waals surface area (Å²) < 4.78 is 17.6. The molecule has 0 fully saturated rings. The van der Waals surface area contributed by atoms with Crippen LogP contribution in [0.4, 0.5) is 0 Å². The molecule has 0 atom stereocenters. The van der Waals surface area contributed by atoms with Crippen molar-refractivity contribution in [1.29, 1.82) is 0 Å². The Morgan fingerprint density at radius 2 is 0.600 bits per heavy atom. The quantitative estimate of drug-likeness (QED) is 0.173. The van der Waals surface area contributed by atoms with Gasteiger partial charge in [0.25, 0.3) is 0 Å². The number of hydrogen-bond acceptors (Lipinski definition) is 0. The highest BCUT2D eigenvalue weighted by molar-refractivity contribution is 9.14. The molecule has 0 saturated heterocycles. The Balaban J connectivity index is 1.59. The number of H-pyrrole nitrogens is 2. The lowest BCUT2D eigenvalue weighted by atomic mass is 10.0. The fraction of sp³-hybridized carbons (Fsp3) is 0.0909. The molecule has 0 radical (unpaired) electrons. The third-order valence-corrected chi connectivity index (χ3v) is 18.3. The summed E-state index contributed by atoms with van der Waals surface area (Å²) in [6.45, 7) is 0. The van der Waals surface area contributed by atoms with Gasteiger partial charge < -0.3 is 9.97 Å². The summed E-state index contributed by atoms with van der Waals surface area (Å²) in [5.41, 5.74) is 11.5. The van der Waals surface area contributed by atoms with Gasteiger partial charge in [0, 0.05) is 82.2 Å². The Labute approximate surface area is 412 Å². The van der Waals surface area contributed by atoms with Gasteiger partial charge >= 0.3 is 0 Å².